The Kier molecular flexibility index (Phi) is 4.41. The number of nitrogens with zero attached hydrogens (tertiary/aromatic N) is 3. The summed E-state index contributed by atoms with van der Waals surface area (Å²) < 4.78 is 5.42. The second-order valence-electron chi connectivity index (χ2n) is 7.36. The lowest BCUT2D eigenvalue weighted by Crippen LogP contribution is -2.30. The molecule has 1 aliphatic rings. The molecule has 2 N–H and O–H groups in total. The van der Waals surface area contributed by atoms with E-state index < -0.39 is 0 Å². The Morgan fingerprint density at radius 1 is 1.38 bits per heavy atom. The second kappa shape index (κ2) is 6.36. The van der Waals surface area contributed by atoms with Gasteiger partial charge in [0.15, 0.2) is 5.82 Å². The number of hydrogen-bond donors (Lipinski definition) is 1. The van der Waals surface area contributed by atoms with Crippen LogP contribution in [0.1, 0.15) is 43.4 Å². The Bertz CT molecular complexity index is 733. The molecule has 24 heavy (non-hydrogen) atoms. The van der Waals surface area contributed by atoms with Gasteiger partial charge in [-0.3, -0.25) is 4.79 Å². The van der Waals surface area contributed by atoms with Crippen molar-refractivity contribution in [1.29, 1.82) is 0 Å². The van der Waals surface area contributed by atoms with Gasteiger partial charge in [-0.1, -0.05) is 38.1 Å². The molecule has 1 amide bonds. The van der Waals surface area contributed by atoms with Crippen LogP contribution in [-0.4, -0.2) is 40.6 Å². The first-order chi connectivity index (χ1) is 11.4. The summed E-state index contributed by atoms with van der Waals surface area (Å²) >= 11 is 0. The van der Waals surface area contributed by atoms with Gasteiger partial charge in [-0.2, -0.15) is 4.98 Å². The molecule has 3 rings (SSSR count). The van der Waals surface area contributed by atoms with Crippen molar-refractivity contribution in [2.24, 2.45) is 11.7 Å². The van der Waals surface area contributed by atoms with Gasteiger partial charge >= 0.3 is 0 Å². The lowest BCUT2D eigenvalue weighted by molar-refractivity contribution is 0.0788. The Balaban J connectivity index is 1.91. The van der Waals surface area contributed by atoms with E-state index in [4.69, 9.17) is 10.3 Å². The number of likely N-dealkylation sites (tertiary alicyclic amines) is 1. The van der Waals surface area contributed by atoms with Crippen molar-refractivity contribution in [3.05, 3.63) is 35.7 Å². The van der Waals surface area contributed by atoms with Crippen molar-refractivity contribution >= 4 is 5.91 Å². The molecule has 6 nitrogen and oxygen atoms in total. The molecule has 1 atom stereocenters. The first-order valence-corrected chi connectivity index (χ1v) is 8.33. The highest BCUT2D eigenvalue weighted by atomic mass is 16.5. The number of carbonyl (C=O) groups excluding carboxylic acids is 1. The van der Waals surface area contributed by atoms with E-state index in [9.17, 15) is 4.79 Å². The predicted octanol–water partition coefficient (Wildman–Crippen LogP) is 2.45. The lowest BCUT2D eigenvalue weighted by atomic mass is 9.96. The lowest BCUT2D eigenvalue weighted by Gasteiger charge is -2.17. The highest BCUT2D eigenvalue weighted by Crippen LogP contribution is 2.28. The molecule has 0 aliphatic carbocycles. The highest BCUT2D eigenvalue weighted by Gasteiger charge is 2.29. The molecule has 0 unspecified atom stereocenters. The molecular weight excluding hydrogens is 304 g/mol. The highest BCUT2D eigenvalue weighted by molar-refractivity contribution is 6.00. The SMILES string of the molecule is CC(C)(C)c1noc(-c2ccccc2C(=O)N2CC[C@H](CN)C2)n1. The molecule has 1 saturated heterocycles. The quantitative estimate of drug-likeness (QED) is 0.935. The predicted molar refractivity (Wildman–Crippen MR) is 91.5 cm³/mol. The van der Waals surface area contributed by atoms with Crippen LogP contribution < -0.4 is 5.73 Å². The minimum Gasteiger partial charge on any atom is -0.338 e. The minimum absolute atomic E-state index is 0.00272. The van der Waals surface area contributed by atoms with Crippen LogP contribution >= 0.6 is 0 Å². The zero-order valence-electron chi connectivity index (χ0n) is 14.5. The summed E-state index contributed by atoms with van der Waals surface area (Å²) in [5.74, 6) is 1.40. The molecule has 128 valence electrons. The summed E-state index contributed by atoms with van der Waals surface area (Å²) in [4.78, 5) is 19.2. The maximum Gasteiger partial charge on any atom is 0.258 e. The monoisotopic (exact) mass is 328 g/mol. The molecule has 0 bridgehead atoms. The number of amides is 1. The summed E-state index contributed by atoms with van der Waals surface area (Å²) in [6, 6.07) is 7.39. The zero-order chi connectivity index (χ0) is 17.3. The number of nitrogens with two attached hydrogens (primary N) is 1. The fraction of sp³-hybridized carbons (Fsp3) is 0.500. The van der Waals surface area contributed by atoms with Gasteiger partial charge in [0, 0.05) is 18.5 Å². The van der Waals surface area contributed by atoms with Gasteiger partial charge in [0.2, 0.25) is 0 Å². The van der Waals surface area contributed by atoms with Crippen LogP contribution in [0.2, 0.25) is 0 Å². The van der Waals surface area contributed by atoms with Gasteiger partial charge in [-0.05, 0) is 31.0 Å². The number of benzene rings is 1. The molecule has 0 radical (unpaired) electrons. The summed E-state index contributed by atoms with van der Waals surface area (Å²) in [6.45, 7) is 8.14. The molecule has 2 aromatic rings. The Labute approximate surface area is 142 Å². The van der Waals surface area contributed by atoms with E-state index in [0.717, 1.165) is 13.0 Å². The van der Waals surface area contributed by atoms with Crippen LogP contribution in [0.3, 0.4) is 0 Å². The number of rotatable bonds is 3. The van der Waals surface area contributed by atoms with E-state index in [-0.39, 0.29) is 11.3 Å². The maximum absolute atomic E-state index is 12.9. The van der Waals surface area contributed by atoms with E-state index in [2.05, 4.69) is 10.1 Å². The number of carbonyl (C=O) groups is 1. The van der Waals surface area contributed by atoms with Crippen LogP contribution in [0.25, 0.3) is 11.5 Å². The molecule has 2 heterocycles. The Morgan fingerprint density at radius 2 is 2.12 bits per heavy atom. The maximum atomic E-state index is 12.9. The third-order valence-corrected chi connectivity index (χ3v) is 4.39. The van der Waals surface area contributed by atoms with Gasteiger partial charge < -0.3 is 15.2 Å². The molecule has 0 spiro atoms. The molecule has 1 aromatic heterocycles. The first-order valence-electron chi connectivity index (χ1n) is 8.33. The van der Waals surface area contributed by atoms with Crippen molar-refractivity contribution in [3.63, 3.8) is 0 Å². The van der Waals surface area contributed by atoms with Crippen LogP contribution in [0.5, 0.6) is 0 Å². The topological polar surface area (TPSA) is 85.2 Å². The average molecular weight is 328 g/mol. The van der Waals surface area contributed by atoms with E-state index in [0.29, 0.717) is 41.8 Å². The van der Waals surface area contributed by atoms with Gasteiger partial charge in [0.25, 0.3) is 11.8 Å². The van der Waals surface area contributed by atoms with Gasteiger partial charge in [0.05, 0.1) is 11.1 Å². The molecule has 0 saturated carbocycles. The Morgan fingerprint density at radius 3 is 2.75 bits per heavy atom. The number of hydrogen-bond acceptors (Lipinski definition) is 5. The largest absolute Gasteiger partial charge is 0.338 e. The fourth-order valence-electron chi connectivity index (χ4n) is 2.87. The molecular formula is C18H24N4O2. The summed E-state index contributed by atoms with van der Waals surface area (Å²) in [5.41, 5.74) is 6.80. The number of aromatic nitrogens is 2. The van der Waals surface area contributed by atoms with Crippen LogP contribution in [0, 0.1) is 5.92 Å². The molecule has 1 aromatic carbocycles. The summed E-state index contributed by atoms with van der Waals surface area (Å²) in [6.07, 6.45) is 0.957. The van der Waals surface area contributed by atoms with E-state index >= 15 is 0 Å². The molecule has 1 fully saturated rings. The summed E-state index contributed by atoms with van der Waals surface area (Å²) in [5, 5.41) is 4.06. The normalized spacial score (nSPS) is 18.2. The van der Waals surface area contributed by atoms with Gasteiger partial charge in [-0.25, -0.2) is 0 Å². The first kappa shape index (κ1) is 16.6. The minimum atomic E-state index is -0.204. The van der Waals surface area contributed by atoms with E-state index in [1.807, 2.05) is 49.9 Å². The van der Waals surface area contributed by atoms with Crippen molar-refractivity contribution in [1.82, 2.24) is 15.0 Å². The van der Waals surface area contributed by atoms with Crippen LogP contribution in [-0.2, 0) is 5.41 Å². The third kappa shape index (κ3) is 3.19. The van der Waals surface area contributed by atoms with Gasteiger partial charge in [0.1, 0.15) is 0 Å². The van der Waals surface area contributed by atoms with E-state index in [1.54, 1.807) is 0 Å². The Hall–Kier alpha value is -2.21. The third-order valence-electron chi connectivity index (χ3n) is 4.39. The zero-order valence-corrected chi connectivity index (χ0v) is 14.5. The molecule has 6 heteroatoms. The van der Waals surface area contributed by atoms with Crippen molar-refractivity contribution in [2.45, 2.75) is 32.6 Å². The molecule has 1 aliphatic heterocycles. The smallest absolute Gasteiger partial charge is 0.258 e. The standard InChI is InChI=1S/C18H24N4O2/c1-18(2,3)17-20-15(24-21-17)13-6-4-5-7-14(13)16(23)22-9-8-12(10-19)11-22/h4-7,12H,8-11,19H2,1-3H3/t12-/m1/s1. The van der Waals surface area contributed by atoms with Gasteiger partial charge in [-0.15, -0.1) is 0 Å². The fourth-order valence-corrected chi connectivity index (χ4v) is 2.87. The van der Waals surface area contributed by atoms with E-state index in [1.165, 1.54) is 0 Å². The van der Waals surface area contributed by atoms with Crippen LogP contribution in [0.4, 0.5) is 0 Å². The van der Waals surface area contributed by atoms with Crippen molar-refractivity contribution in [2.75, 3.05) is 19.6 Å². The van der Waals surface area contributed by atoms with Crippen molar-refractivity contribution in [3.8, 4) is 11.5 Å². The van der Waals surface area contributed by atoms with Crippen LogP contribution in [0.15, 0.2) is 28.8 Å². The average Bonchev–Trinajstić information content (AvgIpc) is 3.23. The van der Waals surface area contributed by atoms with Crippen molar-refractivity contribution < 1.29 is 9.32 Å². The summed E-state index contributed by atoms with van der Waals surface area (Å²) in [7, 11) is 0. The second-order valence-corrected chi connectivity index (χ2v) is 7.36.